The quantitative estimate of drug-likeness (QED) is 0.577. The van der Waals surface area contributed by atoms with Crippen LogP contribution in [0.3, 0.4) is 0 Å². The first-order valence-corrected chi connectivity index (χ1v) is 5.76. The van der Waals surface area contributed by atoms with Gasteiger partial charge in [0.05, 0.1) is 0 Å². The van der Waals surface area contributed by atoms with Crippen molar-refractivity contribution >= 4 is 14.2 Å². The summed E-state index contributed by atoms with van der Waals surface area (Å²) >= 11 is -1.31. The van der Waals surface area contributed by atoms with Crippen molar-refractivity contribution < 1.29 is 27.0 Å². The van der Waals surface area contributed by atoms with Gasteiger partial charge in [-0.25, -0.2) is 0 Å². The molecule has 0 radical (unpaired) electrons. The van der Waals surface area contributed by atoms with Crippen molar-refractivity contribution in [2.24, 2.45) is 0 Å². The standard InChI is InChI=1S/CH5AsO3.Fe.H3N/c1-2(3,4)5;;/h1H3,(H2,3,4,5);;1H3/q;+1;/p-1. The maximum atomic E-state index is 9.80. The topological polar surface area (TPSA) is 85.9 Å². The van der Waals surface area contributed by atoms with E-state index >= 15 is 0 Å². The molecule has 1 unspecified atom stereocenters. The molecule has 0 saturated carbocycles. The fourth-order valence-corrected chi connectivity index (χ4v) is 0. The third-order valence-corrected chi connectivity index (χ3v) is 2.51. The van der Waals surface area contributed by atoms with Crippen LogP contribution in [0.4, 0.5) is 0 Å². The summed E-state index contributed by atoms with van der Waals surface area (Å²) in [4.78, 5) is 0. The van der Waals surface area contributed by atoms with Crippen molar-refractivity contribution in [3.05, 3.63) is 0 Å². The van der Waals surface area contributed by atoms with Crippen molar-refractivity contribution in [3.63, 3.8) is 0 Å². The van der Waals surface area contributed by atoms with Crippen molar-refractivity contribution in [2.75, 3.05) is 0 Å². The monoisotopic (exact) mass is 212 g/mol. The second-order valence-corrected chi connectivity index (χ2v) is 5.39. The molecule has 0 aromatic heterocycles. The van der Waals surface area contributed by atoms with Gasteiger partial charge in [0.1, 0.15) is 0 Å². The van der Waals surface area contributed by atoms with E-state index in [4.69, 9.17) is 0 Å². The summed E-state index contributed by atoms with van der Waals surface area (Å²) in [6, 6.07) is 0. The smallest absolute Gasteiger partial charge is 0.369 e. The summed E-state index contributed by atoms with van der Waals surface area (Å²) in [5.74, 6) is 0. The molecule has 0 saturated heterocycles. The molecule has 0 bridgehead atoms. The number of hydrogen-bond acceptors (Lipinski definition) is 3. The number of quaternary nitrogens is 1. The minimum Gasteiger partial charge on any atom is -0.369 e. The molecule has 0 amide bonds. The van der Waals surface area contributed by atoms with Gasteiger partial charge in [-0.1, -0.05) is 0 Å². The van der Waals surface area contributed by atoms with Gasteiger partial charge in [0.25, 0.3) is 0 Å². The molecule has 1 atom stereocenters. The predicted octanol–water partition coefficient (Wildman–Crippen LogP) is -0.800. The van der Waals surface area contributed by atoms with Gasteiger partial charge in [-0.2, -0.15) is 0 Å². The minimum absolute atomic E-state index is 0. The Morgan fingerprint density at radius 1 is 1.86 bits per heavy atom. The summed E-state index contributed by atoms with van der Waals surface area (Å²) in [5.41, 5.74) is 1.02. The Morgan fingerprint density at radius 3 is 2.00 bits per heavy atom. The van der Waals surface area contributed by atoms with E-state index in [0.29, 0.717) is 0 Å². The Labute approximate surface area is 53.3 Å². The molecular weight excluding hydrogens is 205 g/mol. The van der Waals surface area contributed by atoms with E-state index in [0.717, 1.165) is 5.71 Å². The molecule has 7 heavy (non-hydrogen) atoms. The molecule has 0 fully saturated rings. The second-order valence-electron chi connectivity index (χ2n) is 0.836. The Kier molecular flexibility index (Phi) is 5.68. The van der Waals surface area contributed by atoms with Crippen molar-refractivity contribution in [3.8, 4) is 0 Å². The molecule has 4 nitrogen and oxygen atoms in total. The first-order valence-electron chi connectivity index (χ1n) is 1.14. The fraction of sp³-hybridized carbons (Fsp3) is 1.00. The van der Waals surface area contributed by atoms with Crippen molar-refractivity contribution in [2.45, 2.75) is 5.71 Å². The first kappa shape index (κ1) is 10.7. The Morgan fingerprint density at radius 2 is 2.00 bits per heavy atom. The van der Waals surface area contributed by atoms with Gasteiger partial charge in [0.2, 0.25) is 0 Å². The van der Waals surface area contributed by atoms with E-state index in [9.17, 15) is 7.84 Å². The van der Waals surface area contributed by atoms with Crippen LogP contribution in [0.2, 0.25) is 5.71 Å². The molecule has 6 heteroatoms. The van der Waals surface area contributed by atoms with E-state index in [1.54, 1.807) is 0 Å². The van der Waals surface area contributed by atoms with Crippen LogP contribution in [0, 0.1) is 0 Å². The zero-order valence-corrected chi connectivity index (χ0v) is 7.01. The zero-order chi connectivity index (χ0) is 5.21. The van der Waals surface area contributed by atoms with Gasteiger partial charge in [-0.3, -0.25) is 0 Å². The maximum absolute atomic E-state index is 9.80. The summed E-state index contributed by atoms with van der Waals surface area (Å²) in [6.07, 6.45) is 0. The van der Waals surface area contributed by atoms with E-state index in [-0.39, 0.29) is 6.15 Å². The van der Waals surface area contributed by atoms with Crippen molar-refractivity contribution in [1.82, 2.24) is 6.15 Å². The Balaban J connectivity index is 0. The van der Waals surface area contributed by atoms with Crippen molar-refractivity contribution in [1.29, 1.82) is 0 Å². The molecule has 0 aromatic rings. The van der Waals surface area contributed by atoms with Crippen LogP contribution in [0.1, 0.15) is 0 Å². The van der Waals surface area contributed by atoms with Crippen LogP contribution in [0.5, 0.6) is 0 Å². The average molecular weight is 212 g/mol. The number of rotatable bonds is 1. The predicted molar refractivity (Wildman–Crippen MR) is 19.4 cm³/mol. The van der Waals surface area contributed by atoms with Crippen LogP contribution in [-0.4, -0.2) is 14.2 Å². The normalized spacial score (nSPS) is 17.0. The maximum Gasteiger partial charge on any atom is -0.369 e. The summed E-state index contributed by atoms with van der Waals surface area (Å²) in [7, 11) is 0. The number of hydrogen-bond donors (Lipinski definition) is 1. The average Bonchev–Trinajstić information content (AvgIpc) is 1.35. The molecule has 0 spiro atoms. The van der Waals surface area contributed by atoms with Gasteiger partial charge in [-0.05, 0) is 0 Å². The van der Waals surface area contributed by atoms with Gasteiger partial charge in [-0.15, -0.1) is 0 Å². The third-order valence-electron chi connectivity index (χ3n) is 0.117. The largest absolute Gasteiger partial charge is 0.369 e. The van der Waals surface area contributed by atoms with E-state index in [1.807, 2.05) is 0 Å². The molecule has 0 aliphatic rings. The first-order chi connectivity index (χ1) is 2.56. The molecule has 0 aromatic carbocycles. The van der Waals surface area contributed by atoms with Crippen LogP contribution >= 0.6 is 0 Å². The van der Waals surface area contributed by atoms with E-state index in [1.165, 1.54) is 0 Å². The Bertz CT molecular complexity index is 79.0. The molecule has 0 aliphatic carbocycles. The second kappa shape index (κ2) is 3.72. The van der Waals surface area contributed by atoms with Crippen LogP contribution in [0.25, 0.3) is 0 Å². The summed E-state index contributed by atoms with van der Waals surface area (Å²) in [6.45, 7) is 0. The zero-order valence-electron chi connectivity index (χ0n) is 4.03. The molecule has 47 valence electrons. The van der Waals surface area contributed by atoms with E-state index in [2.05, 4.69) is 19.2 Å². The summed E-state index contributed by atoms with van der Waals surface area (Å²) < 4.78 is 23.4. The van der Waals surface area contributed by atoms with Crippen LogP contribution < -0.4 is 10.2 Å². The molecule has 0 rings (SSSR count). The van der Waals surface area contributed by atoms with Crippen LogP contribution in [0.15, 0.2) is 0 Å². The van der Waals surface area contributed by atoms with Crippen LogP contribution in [-0.2, 0) is 22.9 Å². The SMILES string of the molecule is C[As](=O)([O-])[O][Fe].[NH4+]. The molecule has 0 heterocycles. The van der Waals surface area contributed by atoms with Gasteiger partial charge < -0.3 is 6.15 Å². The fourth-order valence-electron chi connectivity index (χ4n) is 0. The van der Waals surface area contributed by atoms with E-state index < -0.39 is 14.2 Å². The molecular formula is CH7AsFeNO3. The summed E-state index contributed by atoms with van der Waals surface area (Å²) in [5, 5.41) is 0. The van der Waals surface area contributed by atoms with Gasteiger partial charge in [0, 0.05) is 0 Å². The molecule has 0 aliphatic heterocycles. The molecule has 4 N–H and O–H groups in total. The van der Waals surface area contributed by atoms with Gasteiger partial charge in [0.15, 0.2) is 0 Å². The third kappa shape index (κ3) is 10.8. The van der Waals surface area contributed by atoms with Gasteiger partial charge >= 0.3 is 46.9 Å². The Hall–Kier alpha value is 0.758. The minimum atomic E-state index is -4.02.